The van der Waals surface area contributed by atoms with Crippen molar-refractivity contribution in [1.29, 1.82) is 0 Å². The number of nitrogens with zero attached hydrogens (tertiary/aromatic N) is 2. The number of hydrogen-bond donors (Lipinski definition) is 3. The molecule has 0 spiro atoms. The highest BCUT2D eigenvalue weighted by atomic mass is 32.1. The van der Waals surface area contributed by atoms with Crippen molar-refractivity contribution >= 4 is 56.3 Å². The monoisotopic (exact) mass is 568 g/mol. The topological polar surface area (TPSA) is 121 Å². The Balaban J connectivity index is 1.26. The number of thiophene rings is 1. The molecule has 2 aromatic carbocycles. The number of allylic oxidation sites excluding steroid dienone is 1. The normalized spacial score (nSPS) is 18.1. The number of aliphatic hydroxyl groups is 1. The number of carbonyl (C=O) groups excluding carboxylic acids is 3. The summed E-state index contributed by atoms with van der Waals surface area (Å²) in [5.74, 6) is 0.857. The van der Waals surface area contributed by atoms with Gasteiger partial charge in [0, 0.05) is 18.2 Å². The molecule has 3 amide bonds. The first-order valence-electron chi connectivity index (χ1n) is 13.4. The minimum absolute atomic E-state index is 0.0381. The molecule has 1 saturated carbocycles. The molecule has 3 heterocycles. The van der Waals surface area contributed by atoms with Crippen LogP contribution in [0.25, 0.3) is 10.2 Å². The van der Waals surface area contributed by atoms with Crippen molar-refractivity contribution in [3.05, 3.63) is 83.4 Å². The number of urea groups is 1. The first kappa shape index (κ1) is 26.7. The number of ketones is 1. The van der Waals surface area contributed by atoms with E-state index in [4.69, 9.17) is 9.84 Å². The lowest BCUT2D eigenvalue weighted by atomic mass is 10.0. The van der Waals surface area contributed by atoms with E-state index in [2.05, 4.69) is 15.6 Å². The molecule has 0 bridgehead atoms. The standard InChI is InChI=1S/C31H28N4O5S/c1-18-16-22(40-21-6-3-2-4-7-21)11-12-23(18)35-24-13-14-32-30-26(24)27(34-31(35)39)28(41-30)29(38)33-20-10-9-19(17-20)25(37)8-5-15-36/h2-8,11-14,16,19-20,36H,9-10,15,17H2,1H3,(H,33,38)(H,34,39)/b8-5+/t19?,20-/m1/s1. The van der Waals surface area contributed by atoms with Crippen LogP contribution in [0.5, 0.6) is 11.5 Å². The minimum Gasteiger partial charge on any atom is -0.457 e. The van der Waals surface area contributed by atoms with Gasteiger partial charge in [-0.2, -0.15) is 0 Å². The number of hydrogen-bond acceptors (Lipinski definition) is 7. The van der Waals surface area contributed by atoms with Gasteiger partial charge < -0.3 is 20.5 Å². The molecular formula is C31H28N4O5S. The molecular weight excluding hydrogens is 540 g/mol. The summed E-state index contributed by atoms with van der Waals surface area (Å²) in [5, 5.41) is 15.6. The molecule has 0 radical (unpaired) electrons. The molecule has 9 nitrogen and oxygen atoms in total. The van der Waals surface area contributed by atoms with Crippen LogP contribution in [-0.4, -0.2) is 40.5 Å². The summed E-state index contributed by atoms with van der Waals surface area (Å²) < 4.78 is 5.96. The number of para-hydroxylation sites is 1. The van der Waals surface area contributed by atoms with Gasteiger partial charge >= 0.3 is 6.03 Å². The van der Waals surface area contributed by atoms with Crippen LogP contribution in [0.2, 0.25) is 0 Å². The van der Waals surface area contributed by atoms with Gasteiger partial charge in [0.2, 0.25) is 0 Å². The Morgan fingerprint density at radius 3 is 2.76 bits per heavy atom. The predicted molar refractivity (Wildman–Crippen MR) is 158 cm³/mol. The van der Waals surface area contributed by atoms with Gasteiger partial charge in [-0.05, 0) is 74.2 Å². The second-order valence-corrected chi connectivity index (χ2v) is 11.1. The molecule has 2 atom stereocenters. The fraction of sp³-hybridized carbons (Fsp3) is 0.226. The van der Waals surface area contributed by atoms with Crippen molar-refractivity contribution in [3.8, 4) is 11.5 Å². The van der Waals surface area contributed by atoms with Crippen molar-refractivity contribution in [3.63, 3.8) is 0 Å². The average molecular weight is 569 g/mol. The van der Waals surface area contributed by atoms with Crippen LogP contribution >= 0.6 is 11.3 Å². The lowest BCUT2D eigenvalue weighted by Gasteiger charge is -2.29. The lowest BCUT2D eigenvalue weighted by molar-refractivity contribution is -0.118. The first-order valence-corrected chi connectivity index (χ1v) is 14.2. The van der Waals surface area contributed by atoms with Crippen LogP contribution in [-0.2, 0) is 4.79 Å². The van der Waals surface area contributed by atoms with E-state index >= 15 is 0 Å². The molecule has 2 aliphatic rings. The predicted octanol–water partition coefficient (Wildman–Crippen LogP) is 6.10. The number of rotatable bonds is 8. The van der Waals surface area contributed by atoms with Crippen molar-refractivity contribution in [2.45, 2.75) is 32.2 Å². The number of ether oxygens (including phenoxy) is 1. The van der Waals surface area contributed by atoms with Gasteiger partial charge in [0.15, 0.2) is 5.78 Å². The highest BCUT2D eigenvalue weighted by Gasteiger charge is 2.35. The Morgan fingerprint density at radius 1 is 1.15 bits per heavy atom. The number of nitrogens with one attached hydrogen (secondary N) is 2. The molecule has 208 valence electrons. The molecule has 6 rings (SSSR count). The van der Waals surface area contributed by atoms with Gasteiger partial charge in [-0.15, -0.1) is 11.3 Å². The molecule has 0 saturated heterocycles. The Labute approximate surface area is 240 Å². The molecule has 2 aromatic heterocycles. The third-order valence-electron chi connectivity index (χ3n) is 7.40. The van der Waals surface area contributed by atoms with Crippen LogP contribution in [0, 0.1) is 12.8 Å². The van der Waals surface area contributed by atoms with Crippen LogP contribution in [0.1, 0.15) is 34.5 Å². The van der Waals surface area contributed by atoms with Crippen LogP contribution in [0.15, 0.2) is 72.9 Å². The number of amides is 3. The molecule has 41 heavy (non-hydrogen) atoms. The van der Waals surface area contributed by atoms with E-state index < -0.39 is 0 Å². The van der Waals surface area contributed by atoms with Crippen molar-refractivity contribution in [2.75, 3.05) is 16.8 Å². The molecule has 1 aliphatic heterocycles. The van der Waals surface area contributed by atoms with E-state index in [0.29, 0.717) is 57.2 Å². The largest absolute Gasteiger partial charge is 0.457 e. The number of anilines is 3. The number of carbonyl (C=O) groups is 3. The average Bonchev–Trinajstić information content (AvgIpc) is 3.59. The quantitative estimate of drug-likeness (QED) is 0.221. The smallest absolute Gasteiger partial charge is 0.331 e. The lowest BCUT2D eigenvalue weighted by Crippen LogP contribution is -2.36. The number of benzene rings is 2. The zero-order valence-corrected chi connectivity index (χ0v) is 23.1. The minimum atomic E-state index is -0.375. The maximum Gasteiger partial charge on any atom is 0.331 e. The summed E-state index contributed by atoms with van der Waals surface area (Å²) >= 11 is 1.23. The van der Waals surface area contributed by atoms with Crippen LogP contribution < -0.4 is 20.3 Å². The summed E-state index contributed by atoms with van der Waals surface area (Å²) in [6.07, 6.45) is 6.37. The molecule has 1 aliphatic carbocycles. The SMILES string of the molecule is Cc1cc(Oc2ccccc2)ccc1N1C(=O)Nc2c(C(=O)N[C@@H]3CCC(C(=O)/C=C/CO)C3)sc3nccc1c23. The van der Waals surface area contributed by atoms with E-state index in [0.717, 1.165) is 11.3 Å². The van der Waals surface area contributed by atoms with Gasteiger partial charge in [-0.1, -0.05) is 24.3 Å². The van der Waals surface area contributed by atoms with E-state index in [1.807, 2.05) is 55.5 Å². The van der Waals surface area contributed by atoms with Crippen LogP contribution in [0.3, 0.4) is 0 Å². The van der Waals surface area contributed by atoms with E-state index in [9.17, 15) is 14.4 Å². The Bertz CT molecular complexity index is 1680. The zero-order chi connectivity index (χ0) is 28.5. The first-order chi connectivity index (χ1) is 19.9. The number of aryl methyl sites for hydroxylation is 1. The van der Waals surface area contributed by atoms with E-state index in [-0.39, 0.29) is 36.3 Å². The number of aromatic nitrogens is 1. The Morgan fingerprint density at radius 2 is 1.98 bits per heavy atom. The van der Waals surface area contributed by atoms with E-state index in [1.54, 1.807) is 17.2 Å². The van der Waals surface area contributed by atoms with Gasteiger partial charge in [-0.25, -0.2) is 9.78 Å². The van der Waals surface area contributed by atoms with Gasteiger partial charge in [0.1, 0.15) is 21.2 Å². The second-order valence-electron chi connectivity index (χ2n) is 10.1. The van der Waals surface area contributed by atoms with Crippen LogP contribution in [0.4, 0.5) is 21.9 Å². The molecule has 4 aromatic rings. The summed E-state index contributed by atoms with van der Waals surface area (Å²) in [5.41, 5.74) is 2.63. The third kappa shape index (κ3) is 5.19. The van der Waals surface area contributed by atoms with E-state index in [1.165, 1.54) is 23.5 Å². The van der Waals surface area contributed by atoms with Gasteiger partial charge in [-0.3, -0.25) is 14.5 Å². The zero-order valence-electron chi connectivity index (χ0n) is 22.3. The third-order valence-corrected chi connectivity index (χ3v) is 8.49. The highest BCUT2D eigenvalue weighted by Crippen LogP contribution is 2.46. The fourth-order valence-electron chi connectivity index (χ4n) is 5.48. The van der Waals surface area contributed by atoms with Crippen molar-refractivity contribution < 1.29 is 24.2 Å². The summed E-state index contributed by atoms with van der Waals surface area (Å²) in [6, 6.07) is 16.3. The van der Waals surface area contributed by atoms with Crippen molar-refractivity contribution in [1.82, 2.24) is 10.3 Å². The van der Waals surface area contributed by atoms with Gasteiger partial charge in [0.05, 0.1) is 29.1 Å². The summed E-state index contributed by atoms with van der Waals surface area (Å²) in [6.45, 7) is 1.74. The second kappa shape index (κ2) is 11.1. The maximum absolute atomic E-state index is 13.5. The highest BCUT2D eigenvalue weighted by molar-refractivity contribution is 7.21. The summed E-state index contributed by atoms with van der Waals surface area (Å²) in [4.78, 5) is 46.3. The molecule has 1 fully saturated rings. The number of aliphatic hydroxyl groups excluding tert-OH is 1. The number of pyridine rings is 1. The Kier molecular flexibility index (Phi) is 7.25. The van der Waals surface area contributed by atoms with Crippen molar-refractivity contribution in [2.24, 2.45) is 5.92 Å². The maximum atomic E-state index is 13.5. The van der Waals surface area contributed by atoms with Gasteiger partial charge in [0.25, 0.3) is 5.91 Å². The summed E-state index contributed by atoms with van der Waals surface area (Å²) in [7, 11) is 0. The Hall–Kier alpha value is -4.54. The molecule has 3 N–H and O–H groups in total. The molecule has 10 heteroatoms. The molecule has 1 unspecified atom stereocenters. The fourth-order valence-corrected chi connectivity index (χ4v) is 6.50.